The van der Waals surface area contributed by atoms with E-state index >= 15 is 0 Å². The van der Waals surface area contributed by atoms with E-state index in [0.717, 1.165) is 56.3 Å². The fourth-order valence-electron chi connectivity index (χ4n) is 4.92. The van der Waals surface area contributed by atoms with Crippen LogP contribution in [0.15, 0.2) is 54.9 Å². The van der Waals surface area contributed by atoms with Crippen LogP contribution in [0.25, 0.3) is 11.3 Å². The number of carbonyl (C=O) groups is 1. The summed E-state index contributed by atoms with van der Waals surface area (Å²) >= 11 is 0. The zero-order valence-electron chi connectivity index (χ0n) is 18.6. The molecule has 0 bridgehead atoms. The summed E-state index contributed by atoms with van der Waals surface area (Å²) in [6.45, 7) is 1.46. The number of aromatic nitrogens is 3. The van der Waals surface area contributed by atoms with Gasteiger partial charge in [-0.25, -0.2) is 14.4 Å². The van der Waals surface area contributed by atoms with Crippen LogP contribution < -0.4 is 5.32 Å². The van der Waals surface area contributed by atoms with E-state index in [-0.39, 0.29) is 17.7 Å². The van der Waals surface area contributed by atoms with Crippen LogP contribution >= 0.6 is 0 Å². The van der Waals surface area contributed by atoms with Crippen molar-refractivity contribution >= 4 is 17.4 Å². The number of benzene rings is 1. The Morgan fingerprint density at radius 3 is 2.61 bits per heavy atom. The summed E-state index contributed by atoms with van der Waals surface area (Å²) in [5.74, 6) is 1.55. The van der Waals surface area contributed by atoms with Crippen molar-refractivity contribution in [3.05, 3.63) is 66.5 Å². The molecule has 1 saturated heterocycles. The molecule has 1 atom stereocenters. The molecule has 6 nitrogen and oxygen atoms in total. The van der Waals surface area contributed by atoms with Crippen LogP contribution in [-0.4, -0.2) is 38.8 Å². The number of amides is 1. The molecule has 1 amide bonds. The molecule has 0 spiro atoms. The fourth-order valence-corrected chi connectivity index (χ4v) is 4.92. The van der Waals surface area contributed by atoms with Gasteiger partial charge in [-0.2, -0.15) is 0 Å². The maximum Gasteiger partial charge on any atom is 0.225 e. The van der Waals surface area contributed by atoms with Gasteiger partial charge in [0.05, 0.1) is 5.69 Å². The average Bonchev–Trinajstić information content (AvgIpc) is 3.39. The largest absolute Gasteiger partial charge is 0.342 e. The lowest BCUT2D eigenvalue weighted by molar-refractivity contribution is -0.136. The molecule has 3 aromatic rings. The molecular formula is C26H28FN5O. The molecule has 1 saturated carbocycles. The number of likely N-dealkylation sites (tertiary alicyclic amines) is 1. The molecule has 1 aliphatic heterocycles. The van der Waals surface area contributed by atoms with Gasteiger partial charge in [0.1, 0.15) is 17.5 Å². The van der Waals surface area contributed by atoms with Crippen molar-refractivity contribution in [2.45, 2.75) is 44.4 Å². The standard InChI is InChI=1S/C26H28FN5O/c27-21-8-3-9-22(15-21)29-24-16-23(18-10-12-28-13-11-18)30-25(31-24)20-7-4-14-32(17-20)26(33)19-5-1-2-6-19/h3,8-13,15-16,19-20H,1-2,4-7,14,17H2,(H,29,30,31)/t20-/m1/s1. The SMILES string of the molecule is O=C(C1CCCC1)N1CCC[C@@H](c2nc(Nc3cccc(F)c3)cc(-c3ccncc3)n2)C1. The van der Waals surface area contributed by atoms with E-state index in [0.29, 0.717) is 29.8 Å². The molecule has 2 aliphatic rings. The predicted octanol–water partition coefficient (Wildman–Crippen LogP) is 5.32. The van der Waals surface area contributed by atoms with Crippen molar-refractivity contribution in [3.8, 4) is 11.3 Å². The van der Waals surface area contributed by atoms with E-state index in [1.54, 1.807) is 24.5 Å². The van der Waals surface area contributed by atoms with Gasteiger partial charge in [0, 0.05) is 54.6 Å². The number of hydrogen-bond donors (Lipinski definition) is 1. The Bertz CT molecular complexity index is 1120. The predicted molar refractivity (Wildman–Crippen MR) is 125 cm³/mol. The molecule has 3 heterocycles. The molecule has 7 heteroatoms. The lowest BCUT2D eigenvalue weighted by atomic mass is 9.95. The lowest BCUT2D eigenvalue weighted by Crippen LogP contribution is -2.42. The lowest BCUT2D eigenvalue weighted by Gasteiger charge is -2.34. The number of pyridine rings is 1. The summed E-state index contributed by atoms with van der Waals surface area (Å²) in [6.07, 6.45) is 9.68. The third kappa shape index (κ3) is 5.02. The van der Waals surface area contributed by atoms with E-state index in [9.17, 15) is 9.18 Å². The van der Waals surface area contributed by atoms with Gasteiger partial charge in [-0.15, -0.1) is 0 Å². The normalized spacial score (nSPS) is 18.9. The second-order valence-electron chi connectivity index (χ2n) is 8.97. The maximum absolute atomic E-state index is 13.7. The first-order chi connectivity index (χ1) is 16.2. The summed E-state index contributed by atoms with van der Waals surface area (Å²) in [6, 6.07) is 12.0. The highest BCUT2D eigenvalue weighted by Crippen LogP contribution is 2.32. The van der Waals surface area contributed by atoms with Gasteiger partial charge in [0.2, 0.25) is 5.91 Å². The minimum Gasteiger partial charge on any atom is -0.342 e. The summed E-state index contributed by atoms with van der Waals surface area (Å²) < 4.78 is 13.7. The van der Waals surface area contributed by atoms with Gasteiger partial charge in [0.15, 0.2) is 0 Å². The minimum absolute atomic E-state index is 0.0685. The number of halogens is 1. The summed E-state index contributed by atoms with van der Waals surface area (Å²) in [5, 5.41) is 3.23. The van der Waals surface area contributed by atoms with Crippen LogP contribution in [0.5, 0.6) is 0 Å². The molecule has 1 aliphatic carbocycles. The number of nitrogens with one attached hydrogen (secondary N) is 1. The highest BCUT2D eigenvalue weighted by atomic mass is 19.1. The van der Waals surface area contributed by atoms with Crippen LogP contribution in [-0.2, 0) is 4.79 Å². The van der Waals surface area contributed by atoms with E-state index in [1.165, 1.54) is 12.1 Å². The molecule has 2 fully saturated rings. The molecule has 1 N–H and O–H groups in total. The van der Waals surface area contributed by atoms with E-state index in [1.807, 2.05) is 23.1 Å². The first kappa shape index (κ1) is 21.5. The van der Waals surface area contributed by atoms with Crippen molar-refractivity contribution in [2.24, 2.45) is 5.92 Å². The third-order valence-corrected chi connectivity index (χ3v) is 6.62. The Morgan fingerprint density at radius 2 is 1.82 bits per heavy atom. The molecule has 2 aromatic heterocycles. The van der Waals surface area contributed by atoms with Gasteiger partial charge in [-0.3, -0.25) is 9.78 Å². The van der Waals surface area contributed by atoms with Gasteiger partial charge in [-0.1, -0.05) is 18.9 Å². The highest BCUT2D eigenvalue weighted by molar-refractivity contribution is 5.79. The Kier molecular flexibility index (Phi) is 6.28. The van der Waals surface area contributed by atoms with E-state index in [4.69, 9.17) is 9.97 Å². The second kappa shape index (κ2) is 9.65. The molecule has 170 valence electrons. The molecule has 1 aromatic carbocycles. The number of nitrogens with zero attached hydrogens (tertiary/aromatic N) is 4. The average molecular weight is 446 g/mol. The Labute approximate surface area is 193 Å². The monoisotopic (exact) mass is 445 g/mol. The maximum atomic E-state index is 13.7. The van der Waals surface area contributed by atoms with Gasteiger partial charge in [0.25, 0.3) is 0 Å². The van der Waals surface area contributed by atoms with Crippen LogP contribution in [0.4, 0.5) is 15.9 Å². The van der Waals surface area contributed by atoms with Gasteiger partial charge in [-0.05, 0) is 56.0 Å². The number of anilines is 2. The molecule has 5 rings (SSSR count). The van der Waals surface area contributed by atoms with Crippen LogP contribution in [0, 0.1) is 11.7 Å². The summed E-state index contributed by atoms with van der Waals surface area (Å²) in [5.41, 5.74) is 2.34. The van der Waals surface area contributed by atoms with Crippen molar-refractivity contribution in [2.75, 3.05) is 18.4 Å². The van der Waals surface area contributed by atoms with Crippen molar-refractivity contribution in [1.82, 2.24) is 19.9 Å². The quantitative estimate of drug-likeness (QED) is 0.576. The first-order valence-corrected chi connectivity index (χ1v) is 11.8. The summed E-state index contributed by atoms with van der Waals surface area (Å²) in [4.78, 5) is 28.8. The zero-order chi connectivity index (χ0) is 22.6. The smallest absolute Gasteiger partial charge is 0.225 e. The summed E-state index contributed by atoms with van der Waals surface area (Å²) in [7, 11) is 0. The molecule has 0 unspecified atom stereocenters. The fraction of sp³-hybridized carbons (Fsp3) is 0.385. The van der Waals surface area contributed by atoms with Crippen LogP contribution in [0.3, 0.4) is 0 Å². The van der Waals surface area contributed by atoms with E-state index in [2.05, 4.69) is 10.3 Å². The zero-order valence-corrected chi connectivity index (χ0v) is 18.6. The van der Waals surface area contributed by atoms with Crippen molar-refractivity contribution in [1.29, 1.82) is 0 Å². The van der Waals surface area contributed by atoms with Crippen molar-refractivity contribution < 1.29 is 9.18 Å². The van der Waals surface area contributed by atoms with Gasteiger partial charge >= 0.3 is 0 Å². The molecular weight excluding hydrogens is 417 g/mol. The topological polar surface area (TPSA) is 71.0 Å². The first-order valence-electron chi connectivity index (χ1n) is 11.8. The second-order valence-corrected chi connectivity index (χ2v) is 8.97. The molecule has 33 heavy (non-hydrogen) atoms. The van der Waals surface area contributed by atoms with E-state index < -0.39 is 0 Å². The number of piperidine rings is 1. The van der Waals surface area contributed by atoms with Crippen LogP contribution in [0.2, 0.25) is 0 Å². The number of carbonyl (C=O) groups excluding carboxylic acids is 1. The number of hydrogen-bond acceptors (Lipinski definition) is 5. The Hall–Kier alpha value is -3.35. The minimum atomic E-state index is -0.308. The Balaban J connectivity index is 1.44. The Morgan fingerprint density at radius 1 is 1.00 bits per heavy atom. The van der Waals surface area contributed by atoms with Gasteiger partial charge < -0.3 is 10.2 Å². The third-order valence-electron chi connectivity index (χ3n) is 6.62. The number of rotatable bonds is 5. The van der Waals surface area contributed by atoms with Crippen molar-refractivity contribution in [3.63, 3.8) is 0 Å². The molecule has 0 radical (unpaired) electrons. The highest BCUT2D eigenvalue weighted by Gasteiger charge is 2.32. The van der Waals surface area contributed by atoms with Crippen LogP contribution in [0.1, 0.15) is 50.3 Å².